The maximum Gasteiger partial charge on any atom is 0.314 e. The van der Waals surface area contributed by atoms with E-state index in [1.54, 1.807) is 46.7 Å². The molecule has 0 aliphatic carbocycles. The summed E-state index contributed by atoms with van der Waals surface area (Å²) >= 11 is 3.28. The van der Waals surface area contributed by atoms with Crippen molar-refractivity contribution in [2.45, 2.75) is 20.1 Å². The van der Waals surface area contributed by atoms with E-state index in [4.69, 9.17) is 10.5 Å². The normalized spacial score (nSPS) is 13.5. The van der Waals surface area contributed by atoms with E-state index in [0.717, 1.165) is 17.7 Å². The van der Waals surface area contributed by atoms with Crippen LogP contribution in [-0.2, 0) is 13.2 Å². The third-order valence-corrected chi connectivity index (χ3v) is 6.96. The highest BCUT2D eigenvalue weighted by molar-refractivity contribution is 9.10. The molecule has 0 saturated carbocycles. The fraction of sp³-hybridized carbons (Fsp3) is 0.269. The van der Waals surface area contributed by atoms with Crippen molar-refractivity contribution >= 4 is 27.9 Å². The molecule has 1 aliphatic heterocycles. The average molecular weight is 575 g/mol. The average Bonchev–Trinajstić information content (AvgIpc) is 2.88. The number of piperazine rings is 1. The fourth-order valence-electron chi connectivity index (χ4n) is 4.06. The van der Waals surface area contributed by atoms with Crippen LogP contribution in [-0.4, -0.2) is 52.5 Å². The van der Waals surface area contributed by atoms with E-state index in [9.17, 15) is 23.2 Å². The molecule has 2 aromatic carbocycles. The molecule has 3 aromatic rings. The summed E-state index contributed by atoms with van der Waals surface area (Å²) < 4.78 is 34.4. The van der Waals surface area contributed by atoms with Gasteiger partial charge in [0.15, 0.2) is 0 Å². The molecule has 1 fully saturated rings. The Hall–Kier alpha value is -3.73. The van der Waals surface area contributed by atoms with Gasteiger partial charge in [0.1, 0.15) is 28.5 Å². The van der Waals surface area contributed by atoms with E-state index < -0.39 is 17.7 Å². The highest BCUT2D eigenvalue weighted by Gasteiger charge is 2.23. The predicted octanol–water partition coefficient (Wildman–Crippen LogP) is 3.66. The molecule has 0 radical (unpaired) electrons. The number of nitrogens with two attached hydrogens (primary N) is 1. The number of rotatable bonds is 6. The van der Waals surface area contributed by atoms with Gasteiger partial charge in [-0.25, -0.2) is 13.6 Å². The number of hydrogen-bond acceptors (Lipinski definition) is 4. The number of ether oxygens (including phenoxy) is 1. The summed E-state index contributed by atoms with van der Waals surface area (Å²) in [6, 6.07) is 11.4. The lowest BCUT2D eigenvalue weighted by atomic mass is 10.1. The van der Waals surface area contributed by atoms with Crippen LogP contribution in [0.3, 0.4) is 0 Å². The van der Waals surface area contributed by atoms with E-state index >= 15 is 0 Å². The lowest BCUT2D eigenvalue weighted by Gasteiger charge is -2.33. The molecule has 2 heterocycles. The van der Waals surface area contributed by atoms with Gasteiger partial charge in [-0.15, -0.1) is 0 Å². The van der Waals surface area contributed by atoms with Gasteiger partial charge in [0.2, 0.25) is 0 Å². The molecule has 11 heteroatoms. The summed E-state index contributed by atoms with van der Waals surface area (Å²) in [6.07, 6.45) is 0. The van der Waals surface area contributed by atoms with Gasteiger partial charge in [0, 0.05) is 55.1 Å². The number of halogens is 3. The summed E-state index contributed by atoms with van der Waals surface area (Å²) in [6.45, 7) is 3.47. The zero-order chi connectivity index (χ0) is 26.7. The summed E-state index contributed by atoms with van der Waals surface area (Å²) in [5, 5.41) is 0. The number of carbonyl (C=O) groups excluding carboxylic acids is 2. The largest absolute Gasteiger partial charge is 0.487 e. The summed E-state index contributed by atoms with van der Waals surface area (Å²) in [5.41, 5.74) is 7.07. The van der Waals surface area contributed by atoms with E-state index in [1.807, 2.05) is 0 Å². The van der Waals surface area contributed by atoms with Gasteiger partial charge >= 0.3 is 6.03 Å². The number of carbonyl (C=O) groups is 2. The van der Waals surface area contributed by atoms with Crippen LogP contribution in [0.5, 0.6) is 5.75 Å². The van der Waals surface area contributed by atoms with E-state index in [-0.39, 0.29) is 40.4 Å². The van der Waals surface area contributed by atoms with Gasteiger partial charge in [-0.05, 0) is 52.7 Å². The molecule has 0 bridgehead atoms. The van der Waals surface area contributed by atoms with Crippen LogP contribution < -0.4 is 16.0 Å². The zero-order valence-electron chi connectivity index (χ0n) is 20.0. The Morgan fingerprint density at radius 3 is 2.27 bits per heavy atom. The van der Waals surface area contributed by atoms with Crippen LogP contribution in [0.2, 0.25) is 0 Å². The van der Waals surface area contributed by atoms with Gasteiger partial charge in [0.25, 0.3) is 11.5 Å². The molecule has 0 spiro atoms. The molecular weight excluding hydrogens is 550 g/mol. The second-order valence-electron chi connectivity index (χ2n) is 8.69. The first-order chi connectivity index (χ1) is 17.6. The van der Waals surface area contributed by atoms with Gasteiger partial charge < -0.3 is 24.8 Å². The molecular formula is C26H25BrF2N4O4. The molecule has 4 rings (SSSR count). The van der Waals surface area contributed by atoms with Crippen LogP contribution in [0.1, 0.15) is 27.2 Å². The van der Waals surface area contributed by atoms with E-state index in [1.165, 1.54) is 11.0 Å². The topological polar surface area (TPSA) is 97.9 Å². The molecule has 3 amide bonds. The van der Waals surface area contributed by atoms with Crippen LogP contribution in [0.25, 0.3) is 0 Å². The molecule has 0 unspecified atom stereocenters. The Kier molecular flexibility index (Phi) is 7.91. The highest BCUT2D eigenvalue weighted by Crippen LogP contribution is 2.24. The second-order valence-corrected chi connectivity index (χ2v) is 9.49. The fourth-order valence-corrected chi connectivity index (χ4v) is 4.50. The SMILES string of the molecule is Cc1cc(OCc2ccc(F)cc2F)c(Br)c(=O)n1Cc1ccc(C(=O)N2CCN(C(N)=O)CC2)cc1. The Morgan fingerprint density at radius 1 is 1.00 bits per heavy atom. The lowest BCUT2D eigenvalue weighted by molar-refractivity contribution is 0.0669. The van der Waals surface area contributed by atoms with Crippen molar-refractivity contribution in [1.82, 2.24) is 14.4 Å². The van der Waals surface area contributed by atoms with E-state index in [2.05, 4.69) is 15.9 Å². The predicted molar refractivity (Wildman–Crippen MR) is 136 cm³/mol. The van der Waals surface area contributed by atoms with Crippen LogP contribution >= 0.6 is 15.9 Å². The number of aromatic nitrogens is 1. The molecule has 1 aromatic heterocycles. The smallest absolute Gasteiger partial charge is 0.314 e. The summed E-state index contributed by atoms with van der Waals surface area (Å²) in [7, 11) is 0. The Balaban J connectivity index is 1.43. The second kappa shape index (κ2) is 11.1. The van der Waals surface area contributed by atoms with Gasteiger partial charge in [-0.1, -0.05) is 12.1 Å². The Labute approximate surface area is 220 Å². The van der Waals surface area contributed by atoms with Crippen LogP contribution in [0.4, 0.5) is 13.6 Å². The van der Waals surface area contributed by atoms with Crippen molar-refractivity contribution in [2.24, 2.45) is 5.73 Å². The molecule has 8 nitrogen and oxygen atoms in total. The summed E-state index contributed by atoms with van der Waals surface area (Å²) in [4.78, 5) is 40.3. The number of urea groups is 1. The highest BCUT2D eigenvalue weighted by atomic mass is 79.9. The third-order valence-electron chi connectivity index (χ3n) is 6.23. The van der Waals surface area contributed by atoms with Gasteiger partial charge in [-0.3, -0.25) is 9.59 Å². The number of nitrogens with zero attached hydrogens (tertiary/aromatic N) is 3. The standard InChI is InChI=1S/C26H25BrF2N4O4/c1-16-12-22(37-15-19-6-7-20(28)13-21(19)29)23(27)25(35)33(16)14-17-2-4-18(5-3-17)24(34)31-8-10-32(11-9-31)26(30)36/h2-7,12-13H,8-11,14-15H2,1H3,(H2,30,36). The van der Waals surface area contributed by atoms with Crippen molar-refractivity contribution in [3.05, 3.63) is 97.4 Å². The first-order valence-corrected chi connectivity index (χ1v) is 12.3. The zero-order valence-corrected chi connectivity index (χ0v) is 21.6. The Bertz CT molecular complexity index is 1390. The molecule has 194 valence electrons. The van der Waals surface area contributed by atoms with Crippen molar-refractivity contribution < 1.29 is 23.1 Å². The lowest BCUT2D eigenvalue weighted by Crippen LogP contribution is -2.52. The number of primary amides is 1. The van der Waals surface area contributed by atoms with Crippen molar-refractivity contribution in [3.63, 3.8) is 0 Å². The molecule has 37 heavy (non-hydrogen) atoms. The minimum atomic E-state index is -0.726. The first-order valence-electron chi connectivity index (χ1n) is 11.5. The number of hydrogen-bond donors (Lipinski definition) is 1. The molecule has 1 aliphatic rings. The molecule has 2 N–H and O–H groups in total. The number of pyridine rings is 1. The monoisotopic (exact) mass is 574 g/mol. The van der Waals surface area contributed by atoms with Crippen LogP contribution in [0.15, 0.2) is 57.8 Å². The minimum Gasteiger partial charge on any atom is -0.487 e. The van der Waals surface area contributed by atoms with Crippen molar-refractivity contribution in [2.75, 3.05) is 26.2 Å². The van der Waals surface area contributed by atoms with Crippen LogP contribution in [0, 0.1) is 18.6 Å². The van der Waals surface area contributed by atoms with Gasteiger partial charge in [-0.2, -0.15) is 0 Å². The Morgan fingerprint density at radius 2 is 1.65 bits per heavy atom. The van der Waals surface area contributed by atoms with E-state index in [0.29, 0.717) is 37.4 Å². The number of benzene rings is 2. The maximum absolute atomic E-state index is 13.9. The van der Waals surface area contributed by atoms with Gasteiger partial charge in [0.05, 0.1) is 6.54 Å². The molecule has 0 atom stereocenters. The first kappa shape index (κ1) is 26.3. The summed E-state index contributed by atoms with van der Waals surface area (Å²) in [5.74, 6) is -1.29. The third kappa shape index (κ3) is 5.99. The van der Waals surface area contributed by atoms with Crippen molar-refractivity contribution in [3.8, 4) is 5.75 Å². The number of aryl methyl sites for hydroxylation is 1. The van der Waals surface area contributed by atoms with Crippen molar-refractivity contribution in [1.29, 1.82) is 0 Å². The quantitative estimate of drug-likeness (QED) is 0.485. The number of amides is 3. The minimum absolute atomic E-state index is 0.133. The molecule has 1 saturated heterocycles. The maximum atomic E-state index is 13.9.